The van der Waals surface area contributed by atoms with E-state index in [1.165, 1.54) is 25.7 Å². The molecule has 3 aliphatic rings. The van der Waals surface area contributed by atoms with Crippen LogP contribution in [0.15, 0.2) is 0 Å². The quantitative estimate of drug-likeness (QED) is 0.708. The molecule has 0 aromatic heterocycles. The van der Waals surface area contributed by atoms with Crippen molar-refractivity contribution in [2.45, 2.75) is 57.0 Å². The fourth-order valence-corrected chi connectivity index (χ4v) is 3.44. The molecule has 3 nitrogen and oxygen atoms in total. The van der Waals surface area contributed by atoms with Crippen LogP contribution >= 0.6 is 0 Å². The van der Waals surface area contributed by atoms with Gasteiger partial charge in [0.15, 0.2) is 0 Å². The van der Waals surface area contributed by atoms with Crippen molar-refractivity contribution in [3.63, 3.8) is 0 Å². The van der Waals surface area contributed by atoms with E-state index in [-0.39, 0.29) is 5.54 Å². The van der Waals surface area contributed by atoms with Crippen LogP contribution in [0.3, 0.4) is 0 Å². The Labute approximate surface area is 91.2 Å². The fraction of sp³-hybridized carbons (Fsp3) is 0.917. The Kier molecular flexibility index (Phi) is 2.06. The van der Waals surface area contributed by atoms with Gasteiger partial charge < -0.3 is 4.90 Å². The van der Waals surface area contributed by atoms with Crippen molar-refractivity contribution in [1.29, 1.82) is 0 Å². The second kappa shape index (κ2) is 3.21. The zero-order valence-corrected chi connectivity index (χ0v) is 9.46. The topological polar surface area (TPSA) is 32.3 Å². The molecule has 0 atom stereocenters. The average molecular weight is 208 g/mol. The molecule has 3 rings (SSSR count). The van der Waals surface area contributed by atoms with Gasteiger partial charge in [-0.3, -0.25) is 10.1 Å². The van der Waals surface area contributed by atoms with Gasteiger partial charge in [0, 0.05) is 6.04 Å². The molecule has 2 aliphatic carbocycles. The van der Waals surface area contributed by atoms with Crippen LogP contribution in [-0.2, 0) is 4.79 Å². The summed E-state index contributed by atoms with van der Waals surface area (Å²) in [6.45, 7) is 3.08. The minimum Gasteiger partial charge on any atom is -0.325 e. The van der Waals surface area contributed by atoms with Gasteiger partial charge in [0.1, 0.15) is 0 Å². The van der Waals surface area contributed by atoms with Crippen molar-refractivity contribution in [3.8, 4) is 0 Å². The first-order valence-electron chi connectivity index (χ1n) is 6.27. The van der Waals surface area contributed by atoms with Crippen LogP contribution in [0, 0.1) is 5.92 Å². The van der Waals surface area contributed by atoms with Crippen molar-refractivity contribution in [2.24, 2.45) is 5.92 Å². The van der Waals surface area contributed by atoms with Crippen LogP contribution in [0.25, 0.3) is 0 Å². The summed E-state index contributed by atoms with van der Waals surface area (Å²) in [6.07, 6.45) is 6.98. The third kappa shape index (κ3) is 1.32. The molecule has 1 heterocycles. The lowest BCUT2D eigenvalue weighted by Gasteiger charge is -2.39. The van der Waals surface area contributed by atoms with Crippen LogP contribution in [0.5, 0.6) is 0 Å². The summed E-state index contributed by atoms with van der Waals surface area (Å²) in [6, 6.07) is 0.542. The van der Waals surface area contributed by atoms with Crippen LogP contribution in [0.4, 0.5) is 0 Å². The molecule has 3 heteroatoms. The molecule has 0 bridgehead atoms. The van der Waals surface area contributed by atoms with Gasteiger partial charge in [0.2, 0.25) is 5.91 Å². The number of rotatable bonds is 1. The number of nitrogens with zero attached hydrogens (tertiary/aromatic N) is 1. The lowest BCUT2D eigenvalue weighted by atomic mass is 9.80. The van der Waals surface area contributed by atoms with E-state index in [4.69, 9.17) is 0 Å². The van der Waals surface area contributed by atoms with E-state index in [0.717, 1.165) is 25.4 Å². The molecular formula is C12H20N2O. The second-order valence-electron chi connectivity index (χ2n) is 5.63. The standard InChI is InChI=1S/C12H20N2O/c1-9-6-10(7-9)14-8-13-12(11(14)15)4-2-3-5-12/h9-10,13H,2-8H2,1H3. The number of carbonyl (C=O) groups is 1. The molecule has 1 aliphatic heterocycles. The second-order valence-corrected chi connectivity index (χ2v) is 5.63. The highest BCUT2D eigenvalue weighted by molar-refractivity contribution is 5.89. The van der Waals surface area contributed by atoms with Crippen molar-refractivity contribution in [2.75, 3.05) is 6.67 Å². The van der Waals surface area contributed by atoms with E-state index in [2.05, 4.69) is 17.1 Å². The molecule has 2 saturated carbocycles. The first kappa shape index (κ1) is 9.64. The summed E-state index contributed by atoms with van der Waals surface area (Å²) < 4.78 is 0. The first-order valence-corrected chi connectivity index (χ1v) is 6.27. The largest absolute Gasteiger partial charge is 0.325 e. The van der Waals surface area contributed by atoms with Gasteiger partial charge in [-0.25, -0.2) is 0 Å². The number of nitrogens with one attached hydrogen (secondary N) is 1. The zero-order valence-electron chi connectivity index (χ0n) is 9.46. The van der Waals surface area contributed by atoms with Crippen LogP contribution in [-0.4, -0.2) is 29.1 Å². The summed E-state index contributed by atoms with van der Waals surface area (Å²) >= 11 is 0. The lowest BCUT2D eigenvalue weighted by Crippen LogP contribution is -2.48. The van der Waals surface area contributed by atoms with Crippen LogP contribution in [0.1, 0.15) is 45.4 Å². The summed E-state index contributed by atoms with van der Waals surface area (Å²) in [5.74, 6) is 1.22. The Morgan fingerprint density at radius 2 is 2.00 bits per heavy atom. The molecule has 0 aromatic rings. The molecule has 1 N–H and O–H groups in total. The maximum Gasteiger partial charge on any atom is 0.244 e. The monoisotopic (exact) mass is 208 g/mol. The van der Waals surface area contributed by atoms with E-state index in [9.17, 15) is 4.79 Å². The van der Waals surface area contributed by atoms with Crippen molar-refractivity contribution in [3.05, 3.63) is 0 Å². The molecule has 0 unspecified atom stereocenters. The van der Waals surface area contributed by atoms with E-state index in [1.54, 1.807) is 0 Å². The number of carbonyl (C=O) groups excluding carboxylic acids is 1. The highest BCUT2D eigenvalue weighted by Crippen LogP contribution is 2.39. The summed E-state index contributed by atoms with van der Waals surface area (Å²) in [5.41, 5.74) is -0.140. The molecule has 15 heavy (non-hydrogen) atoms. The highest BCUT2D eigenvalue weighted by Gasteiger charge is 2.50. The molecular weight excluding hydrogens is 188 g/mol. The van der Waals surface area contributed by atoms with Gasteiger partial charge in [-0.15, -0.1) is 0 Å². The van der Waals surface area contributed by atoms with Crippen molar-refractivity contribution in [1.82, 2.24) is 10.2 Å². The predicted octanol–water partition coefficient (Wildman–Crippen LogP) is 1.49. The lowest BCUT2D eigenvalue weighted by molar-refractivity contribution is -0.136. The number of hydrogen-bond acceptors (Lipinski definition) is 2. The fourth-order valence-electron chi connectivity index (χ4n) is 3.44. The zero-order chi connectivity index (χ0) is 10.5. The number of hydrogen-bond donors (Lipinski definition) is 1. The van der Waals surface area contributed by atoms with E-state index >= 15 is 0 Å². The van der Waals surface area contributed by atoms with Crippen molar-refractivity contribution < 1.29 is 4.79 Å². The van der Waals surface area contributed by atoms with Gasteiger partial charge >= 0.3 is 0 Å². The van der Waals surface area contributed by atoms with E-state index < -0.39 is 0 Å². The molecule has 0 aromatic carbocycles. The SMILES string of the molecule is CC1CC(N2CNC3(CCCC3)C2=O)C1. The Morgan fingerprint density at radius 3 is 2.60 bits per heavy atom. The van der Waals surface area contributed by atoms with Crippen LogP contribution < -0.4 is 5.32 Å². The van der Waals surface area contributed by atoms with Gasteiger partial charge in [-0.1, -0.05) is 19.8 Å². The molecule has 1 saturated heterocycles. The summed E-state index contributed by atoms with van der Waals surface area (Å²) in [5, 5.41) is 3.47. The van der Waals surface area contributed by atoms with E-state index in [0.29, 0.717) is 11.9 Å². The minimum atomic E-state index is -0.140. The highest BCUT2D eigenvalue weighted by atomic mass is 16.2. The third-order valence-electron chi connectivity index (χ3n) is 4.50. The van der Waals surface area contributed by atoms with Gasteiger partial charge in [-0.2, -0.15) is 0 Å². The van der Waals surface area contributed by atoms with Crippen LogP contribution in [0.2, 0.25) is 0 Å². The third-order valence-corrected chi connectivity index (χ3v) is 4.50. The number of amides is 1. The summed E-state index contributed by atoms with van der Waals surface area (Å²) in [4.78, 5) is 14.4. The maximum absolute atomic E-state index is 12.3. The smallest absolute Gasteiger partial charge is 0.244 e. The Morgan fingerprint density at radius 1 is 1.33 bits per heavy atom. The van der Waals surface area contributed by atoms with Gasteiger partial charge in [0.05, 0.1) is 12.2 Å². The summed E-state index contributed by atoms with van der Waals surface area (Å²) in [7, 11) is 0. The first-order chi connectivity index (χ1) is 7.21. The Bertz CT molecular complexity index is 277. The average Bonchev–Trinajstić information content (AvgIpc) is 2.75. The Balaban J connectivity index is 1.71. The molecule has 1 spiro atoms. The predicted molar refractivity (Wildman–Crippen MR) is 58.2 cm³/mol. The molecule has 0 radical (unpaired) electrons. The minimum absolute atomic E-state index is 0.140. The molecule has 1 amide bonds. The Hall–Kier alpha value is -0.570. The van der Waals surface area contributed by atoms with Crippen molar-refractivity contribution >= 4 is 5.91 Å². The van der Waals surface area contributed by atoms with E-state index in [1.807, 2.05) is 0 Å². The molecule has 84 valence electrons. The van der Waals surface area contributed by atoms with Gasteiger partial charge in [0.25, 0.3) is 0 Å². The molecule has 3 fully saturated rings. The normalized spacial score (nSPS) is 38.7. The maximum atomic E-state index is 12.3. The van der Waals surface area contributed by atoms with Gasteiger partial charge in [-0.05, 0) is 31.6 Å².